The maximum Gasteiger partial charge on any atom is 0.306 e. The van der Waals surface area contributed by atoms with Gasteiger partial charge in [0.2, 0.25) is 0 Å². The molecule has 1 N–H and O–H groups in total. The Bertz CT molecular complexity index is 1730. The van der Waals surface area contributed by atoms with Crippen LogP contribution in [0.1, 0.15) is 485 Å². The van der Waals surface area contributed by atoms with Gasteiger partial charge in [-0.25, -0.2) is 0 Å². The van der Waals surface area contributed by atoms with Crippen LogP contribution < -0.4 is 0 Å². The third-order valence-corrected chi connectivity index (χ3v) is 22.5. The Morgan fingerprint density at radius 2 is 0.462 bits per heavy atom. The van der Waals surface area contributed by atoms with Crippen LogP contribution in [-0.4, -0.2) is 123 Å². The van der Waals surface area contributed by atoms with E-state index in [9.17, 15) is 24.3 Å². The summed E-state index contributed by atoms with van der Waals surface area (Å²) in [5.74, 6) is 0.846. The standard InChI is InChI=1S/C94H184N2O10/c1-8-15-22-29-36-47-66-87(64-45-27-20-13-6)85-103-91(98)72-55-59-78-95(79-60-56-73-92(99)104-86-88(65-46-28-21-14-7)67-48-37-30-23-16-9-2)80-61-63-84-102-83-62-42-35-34-41-52-71-90(70-51-40-33-26-19-12-5)106-94(101)75-54-44-58-77-96(81-82-97)76-57-43-53-74-93(100)105-89(68-49-38-31-24-17-10-3)69-50-39-32-25-18-11-4/h87-90,97H,8-86H2,1-7H3. The summed E-state index contributed by atoms with van der Waals surface area (Å²) < 4.78 is 30.5. The van der Waals surface area contributed by atoms with E-state index >= 15 is 0 Å². The van der Waals surface area contributed by atoms with Gasteiger partial charge in [-0.05, 0) is 192 Å². The lowest BCUT2D eigenvalue weighted by atomic mass is 9.95. The van der Waals surface area contributed by atoms with Gasteiger partial charge in [-0.2, -0.15) is 0 Å². The summed E-state index contributed by atoms with van der Waals surface area (Å²) in [5.41, 5.74) is 0. The van der Waals surface area contributed by atoms with Gasteiger partial charge in [-0.1, -0.05) is 312 Å². The van der Waals surface area contributed by atoms with Crippen molar-refractivity contribution in [2.45, 2.75) is 497 Å². The second-order valence-electron chi connectivity index (χ2n) is 33.0. The average molecular weight is 1500 g/mol. The molecule has 0 rings (SSSR count). The first kappa shape index (κ1) is 104. The highest BCUT2D eigenvalue weighted by Gasteiger charge is 2.19. The summed E-state index contributed by atoms with van der Waals surface area (Å²) in [6.45, 7) is 24.2. The molecule has 0 fully saturated rings. The van der Waals surface area contributed by atoms with Crippen LogP contribution in [0.2, 0.25) is 0 Å². The second-order valence-corrected chi connectivity index (χ2v) is 33.0. The molecule has 0 aromatic carbocycles. The minimum absolute atomic E-state index is 0.0173. The number of hydrogen-bond acceptors (Lipinski definition) is 12. The van der Waals surface area contributed by atoms with E-state index in [4.69, 9.17) is 23.7 Å². The second kappa shape index (κ2) is 85.2. The summed E-state index contributed by atoms with van der Waals surface area (Å²) >= 11 is 0. The Morgan fingerprint density at radius 3 is 0.774 bits per heavy atom. The molecule has 0 bridgehead atoms. The molecule has 0 radical (unpaired) electrons. The lowest BCUT2D eigenvalue weighted by Crippen LogP contribution is -2.29. The van der Waals surface area contributed by atoms with Crippen LogP contribution in [0.5, 0.6) is 0 Å². The zero-order valence-electron chi connectivity index (χ0n) is 72.2. The predicted octanol–water partition coefficient (Wildman–Crippen LogP) is 27.4. The van der Waals surface area contributed by atoms with Crippen LogP contribution in [0.25, 0.3) is 0 Å². The van der Waals surface area contributed by atoms with Crippen LogP contribution in [0.3, 0.4) is 0 Å². The Labute approximate surface area is 659 Å². The highest BCUT2D eigenvalue weighted by atomic mass is 16.6. The number of aliphatic hydroxyl groups excluding tert-OH is 1. The quantitative estimate of drug-likeness (QED) is 0.0352. The molecule has 0 spiro atoms. The molecule has 3 unspecified atom stereocenters. The summed E-state index contributed by atoms with van der Waals surface area (Å²) in [6.07, 6.45) is 77.3. The van der Waals surface area contributed by atoms with Crippen molar-refractivity contribution < 1.29 is 48.0 Å². The lowest BCUT2D eigenvalue weighted by molar-refractivity contribution is -0.151. The number of hydrogen-bond donors (Lipinski definition) is 1. The fourth-order valence-electron chi connectivity index (χ4n) is 15.3. The third kappa shape index (κ3) is 75.7. The van der Waals surface area contributed by atoms with E-state index in [1.54, 1.807) is 0 Å². The molecular formula is C94H184N2O10. The molecule has 0 aliphatic rings. The van der Waals surface area contributed by atoms with E-state index in [-0.39, 0.29) is 42.7 Å². The van der Waals surface area contributed by atoms with E-state index in [1.165, 1.54) is 276 Å². The van der Waals surface area contributed by atoms with Crippen LogP contribution >= 0.6 is 0 Å². The molecule has 12 heteroatoms. The van der Waals surface area contributed by atoms with E-state index in [0.29, 0.717) is 57.3 Å². The normalized spacial score (nSPS) is 12.6. The minimum Gasteiger partial charge on any atom is -0.465 e. The van der Waals surface area contributed by atoms with Crippen molar-refractivity contribution in [3.8, 4) is 0 Å². The third-order valence-electron chi connectivity index (χ3n) is 22.5. The summed E-state index contributed by atoms with van der Waals surface area (Å²) in [6, 6.07) is 0. The highest BCUT2D eigenvalue weighted by Crippen LogP contribution is 2.25. The van der Waals surface area contributed by atoms with Gasteiger partial charge in [0, 0.05) is 45.4 Å². The maximum absolute atomic E-state index is 13.3. The Morgan fingerprint density at radius 1 is 0.245 bits per heavy atom. The van der Waals surface area contributed by atoms with Gasteiger partial charge in [-0.15, -0.1) is 0 Å². The number of unbranched alkanes of at least 4 members (excludes halogenated alkanes) is 43. The van der Waals surface area contributed by atoms with Crippen molar-refractivity contribution in [3.63, 3.8) is 0 Å². The Balaban J connectivity index is 5.03. The molecule has 0 aromatic rings. The highest BCUT2D eigenvalue weighted by molar-refractivity contribution is 5.70. The fourth-order valence-corrected chi connectivity index (χ4v) is 15.3. The Hall–Kier alpha value is -2.28. The molecule has 106 heavy (non-hydrogen) atoms. The molecule has 0 aliphatic carbocycles. The zero-order chi connectivity index (χ0) is 77.2. The van der Waals surface area contributed by atoms with Crippen molar-refractivity contribution in [2.75, 3.05) is 72.3 Å². The molecule has 0 aromatic heterocycles. The van der Waals surface area contributed by atoms with Crippen molar-refractivity contribution in [1.82, 2.24) is 9.80 Å². The number of aliphatic hydroxyl groups is 1. The van der Waals surface area contributed by atoms with Gasteiger partial charge in [-0.3, -0.25) is 19.2 Å². The number of carbonyl (C=O) groups excluding carboxylic acids is 4. The predicted molar refractivity (Wildman–Crippen MR) is 453 cm³/mol. The largest absolute Gasteiger partial charge is 0.465 e. The molecule has 0 aliphatic heterocycles. The molecule has 630 valence electrons. The van der Waals surface area contributed by atoms with Gasteiger partial charge in [0.15, 0.2) is 0 Å². The van der Waals surface area contributed by atoms with Gasteiger partial charge in [0.1, 0.15) is 12.2 Å². The minimum atomic E-state index is -0.0397. The number of esters is 4. The first-order valence-corrected chi connectivity index (χ1v) is 47.4. The van der Waals surface area contributed by atoms with Gasteiger partial charge in [0.25, 0.3) is 0 Å². The van der Waals surface area contributed by atoms with E-state index in [0.717, 1.165) is 181 Å². The Kier molecular flexibility index (Phi) is 83.3. The van der Waals surface area contributed by atoms with Crippen LogP contribution in [0, 0.1) is 11.8 Å². The monoisotopic (exact) mass is 1500 g/mol. The lowest BCUT2D eigenvalue weighted by Gasteiger charge is -2.22. The summed E-state index contributed by atoms with van der Waals surface area (Å²) in [4.78, 5) is 57.4. The van der Waals surface area contributed by atoms with Crippen molar-refractivity contribution in [3.05, 3.63) is 0 Å². The van der Waals surface area contributed by atoms with E-state index in [1.807, 2.05) is 0 Å². The number of rotatable bonds is 89. The number of carbonyl (C=O) groups is 4. The average Bonchev–Trinajstić information content (AvgIpc) is 1.14. The van der Waals surface area contributed by atoms with E-state index < -0.39 is 0 Å². The number of ether oxygens (including phenoxy) is 5. The molecular weight excluding hydrogens is 1320 g/mol. The van der Waals surface area contributed by atoms with Gasteiger partial charge >= 0.3 is 23.9 Å². The van der Waals surface area contributed by atoms with Crippen molar-refractivity contribution >= 4 is 23.9 Å². The van der Waals surface area contributed by atoms with Crippen molar-refractivity contribution in [1.29, 1.82) is 0 Å². The first-order chi connectivity index (χ1) is 52.1. The molecule has 3 atom stereocenters. The fraction of sp³-hybridized carbons (Fsp3) is 0.957. The zero-order valence-corrected chi connectivity index (χ0v) is 72.2. The summed E-state index contributed by atoms with van der Waals surface area (Å²) in [7, 11) is 0. The molecule has 0 heterocycles. The van der Waals surface area contributed by atoms with Crippen LogP contribution in [-0.2, 0) is 42.9 Å². The molecule has 0 amide bonds. The molecule has 12 nitrogen and oxygen atoms in total. The smallest absolute Gasteiger partial charge is 0.306 e. The molecule has 0 saturated heterocycles. The molecule has 0 saturated carbocycles. The van der Waals surface area contributed by atoms with Crippen molar-refractivity contribution in [2.24, 2.45) is 11.8 Å². The van der Waals surface area contributed by atoms with Gasteiger partial charge < -0.3 is 38.6 Å². The van der Waals surface area contributed by atoms with E-state index in [2.05, 4.69) is 58.3 Å². The number of nitrogens with zero attached hydrogens (tertiary/aromatic N) is 2. The van der Waals surface area contributed by atoms with Crippen LogP contribution in [0.15, 0.2) is 0 Å². The van der Waals surface area contributed by atoms with Crippen LogP contribution in [0.4, 0.5) is 0 Å². The summed E-state index contributed by atoms with van der Waals surface area (Å²) in [5, 5.41) is 9.86. The SMILES string of the molecule is CCCCCCCCC(CCCCCC)COC(=O)CCCCN(CCCCOCCCCCCCCC(CCCCCCCC)OC(=O)CCCCCN(CCO)CCCCCC(=O)OC(CCCCCCCC)CCCCCCCC)CCCCC(=O)OCC(CCCCCC)CCCCCCCC. The first-order valence-electron chi connectivity index (χ1n) is 47.4. The topological polar surface area (TPSA) is 141 Å². The maximum atomic E-state index is 13.3. The van der Waals surface area contributed by atoms with Gasteiger partial charge in [0.05, 0.1) is 19.8 Å².